The van der Waals surface area contributed by atoms with Crippen LogP contribution < -0.4 is 0 Å². The van der Waals surface area contributed by atoms with Gasteiger partial charge in [0.05, 0.1) is 16.5 Å². The summed E-state index contributed by atoms with van der Waals surface area (Å²) >= 11 is 1.70. The maximum atomic E-state index is 10.8. The molecule has 1 aromatic carbocycles. The lowest BCUT2D eigenvalue weighted by Crippen LogP contribution is -2.16. The average molecular weight is 332 g/mol. The number of hydrogen-bond donors (Lipinski definition) is 0. The Balaban J connectivity index is 1.71. The van der Waals surface area contributed by atoms with Crippen molar-refractivity contribution in [3.8, 4) is 0 Å². The lowest BCUT2D eigenvalue weighted by molar-refractivity contribution is -0.384. The van der Waals surface area contributed by atoms with Crippen LogP contribution in [0.2, 0.25) is 0 Å². The molecule has 0 N–H and O–H groups in total. The Kier molecular flexibility index (Phi) is 4.35. The molecule has 0 unspecified atom stereocenters. The number of non-ortho nitro benzene ring substituents is 1. The third kappa shape index (κ3) is 3.54. The van der Waals surface area contributed by atoms with Crippen molar-refractivity contribution in [2.24, 2.45) is 0 Å². The highest BCUT2D eigenvalue weighted by Gasteiger charge is 2.13. The van der Waals surface area contributed by atoms with Gasteiger partial charge in [-0.2, -0.15) is 0 Å². The fraction of sp³-hybridized carbons (Fsp3) is 0.333. The number of thiazole rings is 1. The minimum absolute atomic E-state index is 0.0162. The number of aryl methyl sites for hydroxylation is 1. The van der Waals surface area contributed by atoms with E-state index in [2.05, 4.69) is 21.8 Å². The molecule has 0 spiro atoms. The van der Waals surface area contributed by atoms with Crippen LogP contribution in [0.3, 0.4) is 0 Å². The van der Waals surface area contributed by atoms with Gasteiger partial charge in [0, 0.05) is 29.8 Å². The minimum Gasteiger partial charge on any atom is -0.439 e. The Morgan fingerprint density at radius 3 is 2.91 bits per heavy atom. The summed E-state index contributed by atoms with van der Waals surface area (Å²) in [5.41, 5.74) is 1.08. The number of fused-ring (bicyclic) bond motifs is 1. The van der Waals surface area contributed by atoms with Gasteiger partial charge in [-0.05, 0) is 19.5 Å². The second-order valence-corrected chi connectivity index (χ2v) is 6.46. The van der Waals surface area contributed by atoms with Crippen molar-refractivity contribution in [1.82, 2.24) is 14.9 Å². The number of aromatic nitrogens is 2. The first kappa shape index (κ1) is 15.6. The zero-order chi connectivity index (χ0) is 16.4. The van der Waals surface area contributed by atoms with Crippen LogP contribution in [0.25, 0.3) is 11.1 Å². The SMILES string of the molecule is CCc1ncc(CN(C)Cc2nc3cc([N+](=O)[O-])ccc3o2)s1. The van der Waals surface area contributed by atoms with Crippen LogP contribution in [0.1, 0.15) is 22.7 Å². The molecule has 0 aliphatic heterocycles. The van der Waals surface area contributed by atoms with Crippen molar-refractivity contribution in [2.75, 3.05) is 7.05 Å². The predicted molar refractivity (Wildman–Crippen MR) is 87.3 cm³/mol. The Morgan fingerprint density at radius 2 is 2.22 bits per heavy atom. The number of nitro groups is 1. The molecule has 0 bridgehead atoms. The highest BCUT2D eigenvalue weighted by Crippen LogP contribution is 2.22. The molecule has 3 aromatic rings. The fourth-order valence-corrected chi connectivity index (χ4v) is 3.22. The molecular formula is C15H16N4O3S. The Bertz CT molecular complexity index is 842. The predicted octanol–water partition coefficient (Wildman–Crippen LogP) is 3.39. The van der Waals surface area contributed by atoms with Crippen LogP contribution in [0.4, 0.5) is 5.69 Å². The molecule has 0 amide bonds. The maximum absolute atomic E-state index is 10.8. The zero-order valence-corrected chi connectivity index (χ0v) is 13.7. The standard InChI is InChI=1S/C15H16N4O3S/c1-3-15-16-7-11(23-15)8-18(2)9-14-17-12-6-10(19(20)21)4-5-13(12)22-14/h4-7H,3,8-9H2,1-2H3. The van der Waals surface area contributed by atoms with Gasteiger partial charge < -0.3 is 4.42 Å². The molecule has 8 heteroatoms. The number of nitro benzene ring substituents is 1. The molecule has 120 valence electrons. The van der Waals surface area contributed by atoms with E-state index in [1.54, 1.807) is 17.4 Å². The number of oxazole rings is 1. The van der Waals surface area contributed by atoms with Gasteiger partial charge in [-0.3, -0.25) is 15.0 Å². The topological polar surface area (TPSA) is 85.3 Å². The number of rotatable bonds is 6. The highest BCUT2D eigenvalue weighted by atomic mass is 32.1. The van der Waals surface area contributed by atoms with Crippen molar-refractivity contribution >= 4 is 28.1 Å². The first-order valence-corrected chi connectivity index (χ1v) is 8.02. The van der Waals surface area contributed by atoms with Crippen molar-refractivity contribution < 1.29 is 9.34 Å². The third-order valence-electron chi connectivity index (χ3n) is 3.36. The van der Waals surface area contributed by atoms with Crippen molar-refractivity contribution in [3.05, 3.63) is 50.3 Å². The largest absolute Gasteiger partial charge is 0.439 e. The van der Waals surface area contributed by atoms with Crippen LogP contribution in [-0.2, 0) is 19.5 Å². The molecule has 0 saturated heterocycles. The summed E-state index contributed by atoms with van der Waals surface area (Å²) in [4.78, 5) is 22.3. The van der Waals surface area contributed by atoms with Gasteiger partial charge in [0.1, 0.15) is 5.52 Å². The van der Waals surface area contributed by atoms with E-state index in [9.17, 15) is 10.1 Å². The van der Waals surface area contributed by atoms with Crippen LogP contribution in [0.15, 0.2) is 28.8 Å². The number of nitrogens with zero attached hydrogens (tertiary/aromatic N) is 4. The normalized spacial score (nSPS) is 11.4. The van der Waals surface area contributed by atoms with E-state index < -0.39 is 4.92 Å². The van der Waals surface area contributed by atoms with Crippen LogP contribution in [-0.4, -0.2) is 26.8 Å². The Labute approximate surface area is 136 Å². The summed E-state index contributed by atoms with van der Waals surface area (Å²) in [5.74, 6) is 0.545. The molecule has 3 rings (SSSR count). The van der Waals surface area contributed by atoms with Crippen LogP contribution in [0, 0.1) is 10.1 Å². The second-order valence-electron chi connectivity index (χ2n) is 5.26. The lowest BCUT2D eigenvalue weighted by atomic mass is 10.3. The number of benzene rings is 1. The molecule has 0 saturated carbocycles. The first-order valence-electron chi connectivity index (χ1n) is 7.21. The lowest BCUT2D eigenvalue weighted by Gasteiger charge is -2.12. The fourth-order valence-electron chi connectivity index (χ4n) is 2.28. The molecule has 0 fully saturated rings. The van der Waals surface area contributed by atoms with Crippen molar-refractivity contribution in [1.29, 1.82) is 0 Å². The molecule has 7 nitrogen and oxygen atoms in total. The summed E-state index contributed by atoms with van der Waals surface area (Å²) in [6.07, 6.45) is 2.84. The van der Waals surface area contributed by atoms with Gasteiger partial charge in [0.25, 0.3) is 5.69 Å². The molecule has 2 heterocycles. The first-order chi connectivity index (χ1) is 11.0. The Morgan fingerprint density at radius 1 is 1.39 bits per heavy atom. The van der Waals surface area contributed by atoms with Crippen LogP contribution >= 0.6 is 11.3 Å². The summed E-state index contributed by atoms with van der Waals surface area (Å²) in [5, 5.41) is 11.9. The Hall–Kier alpha value is -2.32. The van der Waals surface area contributed by atoms with Gasteiger partial charge >= 0.3 is 0 Å². The monoisotopic (exact) mass is 332 g/mol. The van der Waals surface area contributed by atoms with E-state index in [1.807, 2.05) is 13.2 Å². The summed E-state index contributed by atoms with van der Waals surface area (Å²) in [7, 11) is 1.97. The smallest absolute Gasteiger partial charge is 0.271 e. The molecule has 0 radical (unpaired) electrons. The van der Waals surface area contributed by atoms with E-state index in [4.69, 9.17) is 4.42 Å². The van der Waals surface area contributed by atoms with Gasteiger partial charge in [-0.25, -0.2) is 9.97 Å². The van der Waals surface area contributed by atoms with E-state index in [0.29, 0.717) is 23.5 Å². The average Bonchev–Trinajstić information content (AvgIpc) is 3.11. The van der Waals surface area contributed by atoms with Crippen molar-refractivity contribution in [2.45, 2.75) is 26.4 Å². The molecule has 23 heavy (non-hydrogen) atoms. The molecule has 0 atom stereocenters. The van der Waals surface area contributed by atoms with Gasteiger partial charge in [-0.15, -0.1) is 11.3 Å². The van der Waals surface area contributed by atoms with E-state index in [1.165, 1.54) is 17.0 Å². The van der Waals surface area contributed by atoms with Gasteiger partial charge in [0.2, 0.25) is 5.89 Å². The van der Waals surface area contributed by atoms with Gasteiger partial charge in [0.15, 0.2) is 5.58 Å². The third-order valence-corrected chi connectivity index (χ3v) is 4.49. The van der Waals surface area contributed by atoms with Crippen molar-refractivity contribution in [3.63, 3.8) is 0 Å². The number of hydrogen-bond acceptors (Lipinski definition) is 7. The molecule has 0 aliphatic carbocycles. The summed E-state index contributed by atoms with van der Waals surface area (Å²) in [6.45, 7) is 3.38. The quantitative estimate of drug-likeness (QED) is 0.508. The van der Waals surface area contributed by atoms with E-state index in [0.717, 1.165) is 18.0 Å². The van der Waals surface area contributed by atoms with Gasteiger partial charge in [-0.1, -0.05) is 6.92 Å². The molecular weight excluding hydrogens is 316 g/mol. The highest BCUT2D eigenvalue weighted by molar-refractivity contribution is 7.11. The van der Waals surface area contributed by atoms with E-state index in [-0.39, 0.29) is 5.69 Å². The minimum atomic E-state index is -0.435. The summed E-state index contributed by atoms with van der Waals surface area (Å²) in [6, 6.07) is 4.43. The molecule has 2 aromatic heterocycles. The van der Waals surface area contributed by atoms with E-state index >= 15 is 0 Å². The zero-order valence-electron chi connectivity index (χ0n) is 12.9. The maximum Gasteiger partial charge on any atom is 0.271 e. The summed E-state index contributed by atoms with van der Waals surface area (Å²) < 4.78 is 5.65. The van der Waals surface area contributed by atoms with Crippen LogP contribution in [0.5, 0.6) is 0 Å². The molecule has 0 aliphatic rings. The second kappa shape index (κ2) is 6.43.